The first-order chi connectivity index (χ1) is 17.5. The summed E-state index contributed by atoms with van der Waals surface area (Å²) in [5.41, 5.74) is 2.15. The molecule has 182 valence electrons. The lowest BCUT2D eigenvalue weighted by molar-refractivity contribution is 0.101. The van der Waals surface area contributed by atoms with E-state index in [-0.39, 0.29) is 11.5 Å². The number of para-hydroxylation sites is 1. The third kappa shape index (κ3) is 4.48. The lowest BCUT2D eigenvalue weighted by Crippen LogP contribution is -2.15. The Morgan fingerprint density at radius 1 is 0.944 bits per heavy atom. The fourth-order valence-corrected chi connectivity index (χ4v) is 4.27. The first-order valence-electron chi connectivity index (χ1n) is 11.8. The molecule has 2 aromatic heterocycles. The molecule has 0 atom stereocenters. The molecule has 0 aliphatic carbocycles. The molecule has 0 saturated carbocycles. The summed E-state index contributed by atoms with van der Waals surface area (Å²) in [6, 6.07) is 19.1. The van der Waals surface area contributed by atoms with E-state index in [0.29, 0.717) is 61.9 Å². The van der Waals surface area contributed by atoms with Gasteiger partial charge in [0, 0.05) is 21.4 Å². The number of carbonyl (C=O) groups is 2. The molecule has 0 fully saturated rings. The number of hydrogen-bond donors (Lipinski definition) is 1. The van der Waals surface area contributed by atoms with Crippen molar-refractivity contribution in [1.82, 2.24) is 0 Å². The molecule has 5 aromatic rings. The molecule has 0 aliphatic rings. The number of nitrogens with one attached hydrogen (secondary N) is 1. The van der Waals surface area contributed by atoms with Crippen LogP contribution < -0.4 is 10.1 Å². The van der Waals surface area contributed by atoms with Gasteiger partial charge in [-0.15, -0.1) is 0 Å². The van der Waals surface area contributed by atoms with Gasteiger partial charge in [0.15, 0.2) is 5.76 Å². The molecule has 0 aliphatic heterocycles. The second kappa shape index (κ2) is 9.91. The molecule has 36 heavy (non-hydrogen) atoms. The largest absolute Gasteiger partial charge is 0.494 e. The minimum Gasteiger partial charge on any atom is -0.494 e. The molecule has 2 heterocycles. The van der Waals surface area contributed by atoms with Crippen molar-refractivity contribution in [2.75, 3.05) is 11.9 Å². The highest BCUT2D eigenvalue weighted by molar-refractivity contribution is 6.30. The van der Waals surface area contributed by atoms with Crippen LogP contribution in [-0.2, 0) is 0 Å². The van der Waals surface area contributed by atoms with E-state index < -0.39 is 5.91 Å². The van der Waals surface area contributed by atoms with Gasteiger partial charge in [0.2, 0.25) is 5.78 Å². The summed E-state index contributed by atoms with van der Waals surface area (Å²) in [5.74, 6) is 0.401. The molecule has 0 radical (unpaired) electrons. The monoisotopic (exact) mass is 501 g/mol. The number of fused-ring (bicyclic) bond motifs is 2. The van der Waals surface area contributed by atoms with Crippen molar-refractivity contribution in [3.63, 3.8) is 0 Å². The average molecular weight is 502 g/mol. The molecular weight excluding hydrogens is 478 g/mol. The number of rotatable bonds is 8. The molecule has 5 rings (SSSR count). The van der Waals surface area contributed by atoms with Crippen molar-refractivity contribution in [2.45, 2.75) is 26.7 Å². The Morgan fingerprint density at radius 2 is 1.69 bits per heavy atom. The Kier molecular flexibility index (Phi) is 6.53. The van der Waals surface area contributed by atoms with E-state index in [1.165, 1.54) is 0 Å². The van der Waals surface area contributed by atoms with Gasteiger partial charge in [0.1, 0.15) is 22.7 Å². The summed E-state index contributed by atoms with van der Waals surface area (Å²) in [7, 11) is 0. The standard InChI is InChI=1S/C29H24ClNO5/c1-3-4-15-34-20-13-14-24-22(16-20)25(17(2)35-24)29(33)31-26-21-7-5-6-8-23(21)36-28(26)27(32)18-9-11-19(30)12-10-18/h5-14,16H,3-4,15H2,1-2H3,(H,31,33). The Labute approximate surface area is 212 Å². The van der Waals surface area contributed by atoms with E-state index in [0.717, 1.165) is 12.8 Å². The Morgan fingerprint density at radius 3 is 2.47 bits per heavy atom. The zero-order chi connectivity index (χ0) is 25.2. The van der Waals surface area contributed by atoms with Gasteiger partial charge in [-0.05, 0) is 67.9 Å². The van der Waals surface area contributed by atoms with Crippen LogP contribution in [0.4, 0.5) is 5.69 Å². The third-order valence-corrected chi connectivity index (χ3v) is 6.23. The first-order valence-corrected chi connectivity index (χ1v) is 12.1. The number of carbonyl (C=O) groups excluding carboxylic acids is 2. The predicted molar refractivity (Wildman–Crippen MR) is 140 cm³/mol. The van der Waals surface area contributed by atoms with Crippen LogP contribution in [0.1, 0.15) is 52.0 Å². The number of furan rings is 2. The summed E-state index contributed by atoms with van der Waals surface area (Å²) in [6.07, 6.45) is 1.96. The van der Waals surface area contributed by atoms with Crippen LogP contribution in [-0.4, -0.2) is 18.3 Å². The van der Waals surface area contributed by atoms with Crippen molar-refractivity contribution in [3.05, 3.63) is 94.4 Å². The Hall–Kier alpha value is -4.03. The molecule has 1 N–H and O–H groups in total. The number of benzene rings is 3. The topological polar surface area (TPSA) is 81.7 Å². The van der Waals surface area contributed by atoms with E-state index in [1.807, 2.05) is 24.3 Å². The fraction of sp³-hybridized carbons (Fsp3) is 0.172. The number of ketones is 1. The lowest BCUT2D eigenvalue weighted by Gasteiger charge is -2.07. The van der Waals surface area contributed by atoms with Gasteiger partial charge in [-0.25, -0.2) is 0 Å². The number of ether oxygens (including phenoxy) is 1. The molecule has 3 aromatic carbocycles. The summed E-state index contributed by atoms with van der Waals surface area (Å²) in [5, 5.41) is 4.70. The van der Waals surface area contributed by atoms with Gasteiger partial charge in [0.25, 0.3) is 5.91 Å². The van der Waals surface area contributed by atoms with E-state index in [4.69, 9.17) is 25.2 Å². The molecular formula is C29H24ClNO5. The van der Waals surface area contributed by atoms with Crippen molar-refractivity contribution in [2.24, 2.45) is 0 Å². The number of anilines is 1. The molecule has 6 nitrogen and oxygen atoms in total. The van der Waals surface area contributed by atoms with Crippen molar-refractivity contribution >= 4 is 50.9 Å². The normalized spacial score (nSPS) is 11.2. The fourth-order valence-electron chi connectivity index (χ4n) is 4.14. The molecule has 1 amide bonds. The van der Waals surface area contributed by atoms with Crippen molar-refractivity contribution < 1.29 is 23.2 Å². The minimum absolute atomic E-state index is 0.0425. The Balaban J connectivity index is 1.54. The maximum absolute atomic E-state index is 13.6. The van der Waals surface area contributed by atoms with Crippen LogP contribution in [0.5, 0.6) is 5.75 Å². The highest BCUT2D eigenvalue weighted by Gasteiger charge is 2.26. The Bertz CT molecular complexity index is 1580. The van der Waals surface area contributed by atoms with Gasteiger partial charge in [-0.2, -0.15) is 0 Å². The summed E-state index contributed by atoms with van der Waals surface area (Å²) < 4.78 is 17.6. The zero-order valence-electron chi connectivity index (χ0n) is 19.9. The number of unbranched alkanes of at least 4 members (excludes halogenated alkanes) is 1. The highest BCUT2D eigenvalue weighted by atomic mass is 35.5. The van der Waals surface area contributed by atoms with Crippen LogP contribution in [0, 0.1) is 6.92 Å². The van der Waals surface area contributed by atoms with Gasteiger partial charge in [-0.3, -0.25) is 9.59 Å². The van der Waals surface area contributed by atoms with Crippen molar-refractivity contribution in [3.8, 4) is 5.75 Å². The highest BCUT2D eigenvalue weighted by Crippen LogP contribution is 2.35. The van der Waals surface area contributed by atoms with Crippen LogP contribution in [0.2, 0.25) is 5.02 Å². The van der Waals surface area contributed by atoms with E-state index in [9.17, 15) is 9.59 Å². The van der Waals surface area contributed by atoms with Gasteiger partial charge in [0.05, 0.1) is 17.9 Å². The SMILES string of the molecule is CCCCOc1ccc2oc(C)c(C(=O)Nc3c(C(=O)c4ccc(Cl)cc4)oc4ccccc34)c2c1. The second-order valence-electron chi connectivity index (χ2n) is 8.49. The lowest BCUT2D eigenvalue weighted by atomic mass is 10.1. The third-order valence-electron chi connectivity index (χ3n) is 5.98. The average Bonchev–Trinajstić information content (AvgIpc) is 3.41. The van der Waals surface area contributed by atoms with Crippen LogP contribution in [0.3, 0.4) is 0 Å². The van der Waals surface area contributed by atoms with E-state index in [1.54, 1.807) is 49.4 Å². The van der Waals surface area contributed by atoms with Gasteiger partial charge < -0.3 is 18.9 Å². The molecule has 0 unspecified atom stereocenters. The second-order valence-corrected chi connectivity index (χ2v) is 8.92. The zero-order valence-corrected chi connectivity index (χ0v) is 20.6. The molecule has 0 saturated heterocycles. The molecule has 0 spiro atoms. The quantitative estimate of drug-likeness (QED) is 0.173. The maximum Gasteiger partial charge on any atom is 0.259 e. The minimum atomic E-state index is -0.409. The number of aryl methyl sites for hydroxylation is 1. The van der Waals surface area contributed by atoms with E-state index >= 15 is 0 Å². The van der Waals surface area contributed by atoms with Gasteiger partial charge in [-0.1, -0.05) is 37.1 Å². The number of halogens is 1. The van der Waals surface area contributed by atoms with Crippen molar-refractivity contribution in [1.29, 1.82) is 0 Å². The van der Waals surface area contributed by atoms with Crippen LogP contribution in [0.25, 0.3) is 21.9 Å². The van der Waals surface area contributed by atoms with Crippen LogP contribution in [0.15, 0.2) is 75.6 Å². The summed E-state index contributed by atoms with van der Waals surface area (Å²) in [4.78, 5) is 26.9. The molecule has 7 heteroatoms. The smallest absolute Gasteiger partial charge is 0.259 e. The maximum atomic E-state index is 13.6. The van der Waals surface area contributed by atoms with Crippen LogP contribution >= 0.6 is 11.6 Å². The van der Waals surface area contributed by atoms with Gasteiger partial charge >= 0.3 is 0 Å². The number of amides is 1. The predicted octanol–water partition coefficient (Wildman–Crippen LogP) is 7.80. The summed E-state index contributed by atoms with van der Waals surface area (Å²) in [6.45, 7) is 4.43. The summed E-state index contributed by atoms with van der Waals surface area (Å²) >= 11 is 5.98. The molecule has 0 bridgehead atoms. The first kappa shape index (κ1) is 23.7. The number of hydrogen-bond acceptors (Lipinski definition) is 5. The van der Waals surface area contributed by atoms with E-state index in [2.05, 4.69) is 12.2 Å².